The Kier molecular flexibility index (Phi) is 4.65. The monoisotopic (exact) mass is 325 g/mol. The molecule has 6 heteroatoms. The highest BCUT2D eigenvalue weighted by Crippen LogP contribution is 2.25. The van der Waals surface area contributed by atoms with Crippen LogP contribution in [0.4, 0.5) is 4.39 Å². The fraction of sp³-hybridized carbons (Fsp3) is 0.167. The Morgan fingerprint density at radius 3 is 2.50 bits per heavy atom. The molecule has 1 N–H and O–H groups in total. The van der Waals surface area contributed by atoms with E-state index in [1.807, 2.05) is 30.3 Å². The number of halogens is 1. The quantitative estimate of drug-likeness (QED) is 0.779. The minimum absolute atomic E-state index is 0.163. The number of carbonyl (C=O) groups is 1. The van der Waals surface area contributed by atoms with Crippen molar-refractivity contribution in [1.29, 1.82) is 0 Å². The molecule has 1 atom stereocenters. The van der Waals surface area contributed by atoms with Crippen LogP contribution in [-0.2, 0) is 4.79 Å². The van der Waals surface area contributed by atoms with Gasteiger partial charge in [0.1, 0.15) is 11.9 Å². The van der Waals surface area contributed by atoms with Gasteiger partial charge in [-0.1, -0.05) is 37.3 Å². The molecule has 1 amide bonds. The zero-order valence-corrected chi connectivity index (χ0v) is 13.1. The second kappa shape index (κ2) is 7.04. The third-order valence-corrected chi connectivity index (χ3v) is 3.54. The molecular weight excluding hydrogens is 309 g/mol. The molecule has 0 radical (unpaired) electrons. The number of aromatic nitrogens is 2. The van der Waals surface area contributed by atoms with Crippen LogP contribution >= 0.6 is 0 Å². The molecule has 1 heterocycles. The maximum atomic E-state index is 13.2. The minimum Gasteiger partial charge on any atom is -0.418 e. The molecule has 0 fully saturated rings. The highest BCUT2D eigenvalue weighted by molar-refractivity contribution is 5.76. The Bertz CT molecular complexity index is 816. The summed E-state index contributed by atoms with van der Waals surface area (Å²) in [6, 6.07) is 14.6. The average Bonchev–Trinajstić information content (AvgIpc) is 3.11. The molecule has 0 saturated heterocycles. The van der Waals surface area contributed by atoms with Gasteiger partial charge in [0.25, 0.3) is 0 Å². The molecule has 0 unspecified atom stereocenters. The van der Waals surface area contributed by atoms with Crippen molar-refractivity contribution in [2.75, 3.05) is 0 Å². The molecule has 3 rings (SSSR count). The van der Waals surface area contributed by atoms with E-state index in [9.17, 15) is 9.18 Å². The first-order chi connectivity index (χ1) is 11.7. The lowest BCUT2D eigenvalue weighted by atomic mass is 10.1. The minimum atomic E-state index is -0.622. The number of hydrogen-bond donors (Lipinski definition) is 1. The standard InChI is InChI=1S/C18H16FN3O2/c1-2-15(23)20-16(12-8-10-14(19)11-9-12)18-22-21-17(24-18)13-6-4-3-5-7-13/h3-11,16H,2H2,1H3,(H,20,23)/t16-/m0/s1. The zero-order chi connectivity index (χ0) is 16.9. The van der Waals surface area contributed by atoms with Gasteiger partial charge < -0.3 is 9.73 Å². The normalized spacial score (nSPS) is 11.9. The number of carbonyl (C=O) groups excluding carboxylic acids is 1. The summed E-state index contributed by atoms with van der Waals surface area (Å²) >= 11 is 0. The van der Waals surface area contributed by atoms with Crippen LogP contribution in [0.25, 0.3) is 11.5 Å². The molecule has 24 heavy (non-hydrogen) atoms. The molecule has 0 bridgehead atoms. The molecule has 0 saturated carbocycles. The van der Waals surface area contributed by atoms with Gasteiger partial charge in [-0.3, -0.25) is 4.79 Å². The second-order valence-corrected chi connectivity index (χ2v) is 5.22. The fourth-order valence-electron chi connectivity index (χ4n) is 2.25. The van der Waals surface area contributed by atoms with Crippen LogP contribution < -0.4 is 5.32 Å². The van der Waals surface area contributed by atoms with Gasteiger partial charge in [-0.2, -0.15) is 0 Å². The highest BCUT2D eigenvalue weighted by Gasteiger charge is 2.23. The summed E-state index contributed by atoms with van der Waals surface area (Å²) in [5.41, 5.74) is 1.46. The number of benzene rings is 2. The number of nitrogens with one attached hydrogen (secondary N) is 1. The number of hydrogen-bond acceptors (Lipinski definition) is 4. The number of nitrogens with zero attached hydrogens (tertiary/aromatic N) is 2. The molecule has 0 aliphatic heterocycles. The van der Waals surface area contributed by atoms with Crippen LogP contribution in [0.1, 0.15) is 30.8 Å². The first kappa shape index (κ1) is 15.9. The van der Waals surface area contributed by atoms with E-state index in [1.54, 1.807) is 19.1 Å². The van der Waals surface area contributed by atoms with E-state index >= 15 is 0 Å². The van der Waals surface area contributed by atoms with E-state index in [0.717, 1.165) is 5.56 Å². The maximum Gasteiger partial charge on any atom is 0.247 e. The van der Waals surface area contributed by atoms with E-state index in [2.05, 4.69) is 15.5 Å². The van der Waals surface area contributed by atoms with Gasteiger partial charge in [-0.15, -0.1) is 10.2 Å². The Morgan fingerprint density at radius 2 is 1.83 bits per heavy atom. The van der Waals surface area contributed by atoms with Gasteiger partial charge in [0, 0.05) is 12.0 Å². The van der Waals surface area contributed by atoms with Crippen LogP contribution in [0.15, 0.2) is 59.0 Å². The molecule has 0 aliphatic rings. The molecular formula is C18H16FN3O2. The summed E-state index contributed by atoms with van der Waals surface area (Å²) in [6.45, 7) is 1.75. The van der Waals surface area contributed by atoms with Crippen molar-refractivity contribution in [3.8, 4) is 11.5 Å². The molecule has 0 spiro atoms. The fourth-order valence-corrected chi connectivity index (χ4v) is 2.25. The van der Waals surface area contributed by atoms with Crippen molar-refractivity contribution < 1.29 is 13.6 Å². The van der Waals surface area contributed by atoms with Gasteiger partial charge in [0.15, 0.2) is 0 Å². The maximum absolute atomic E-state index is 13.2. The van der Waals surface area contributed by atoms with Gasteiger partial charge in [0.2, 0.25) is 17.7 Å². The van der Waals surface area contributed by atoms with Crippen molar-refractivity contribution in [2.45, 2.75) is 19.4 Å². The van der Waals surface area contributed by atoms with Crippen LogP contribution in [0.3, 0.4) is 0 Å². The van der Waals surface area contributed by atoms with Crippen molar-refractivity contribution in [1.82, 2.24) is 15.5 Å². The van der Waals surface area contributed by atoms with E-state index in [-0.39, 0.29) is 17.6 Å². The van der Waals surface area contributed by atoms with Crippen LogP contribution in [0.2, 0.25) is 0 Å². The Balaban J connectivity index is 1.95. The summed E-state index contributed by atoms with van der Waals surface area (Å²) in [5.74, 6) is 0.101. The van der Waals surface area contributed by atoms with Crippen LogP contribution in [0.5, 0.6) is 0 Å². The molecule has 5 nitrogen and oxygen atoms in total. The van der Waals surface area contributed by atoms with Crippen molar-refractivity contribution in [3.05, 3.63) is 71.9 Å². The summed E-state index contributed by atoms with van der Waals surface area (Å²) < 4.78 is 18.9. The largest absolute Gasteiger partial charge is 0.418 e. The number of amides is 1. The van der Waals surface area contributed by atoms with Gasteiger partial charge in [-0.05, 0) is 29.8 Å². The summed E-state index contributed by atoms with van der Waals surface area (Å²) in [7, 11) is 0. The Morgan fingerprint density at radius 1 is 1.12 bits per heavy atom. The number of rotatable bonds is 5. The van der Waals surface area contributed by atoms with E-state index in [0.29, 0.717) is 17.9 Å². The summed E-state index contributed by atoms with van der Waals surface area (Å²) in [4.78, 5) is 11.8. The van der Waals surface area contributed by atoms with Gasteiger partial charge >= 0.3 is 0 Å². The lowest BCUT2D eigenvalue weighted by Crippen LogP contribution is -2.28. The SMILES string of the molecule is CCC(=O)N[C@@H](c1ccc(F)cc1)c1nnc(-c2ccccc2)o1. The third-order valence-electron chi connectivity index (χ3n) is 3.54. The van der Waals surface area contributed by atoms with Crippen molar-refractivity contribution in [3.63, 3.8) is 0 Å². The predicted molar refractivity (Wildman–Crippen MR) is 86.4 cm³/mol. The lowest BCUT2D eigenvalue weighted by Gasteiger charge is -2.15. The van der Waals surface area contributed by atoms with Crippen LogP contribution in [-0.4, -0.2) is 16.1 Å². The molecule has 0 aliphatic carbocycles. The van der Waals surface area contributed by atoms with Crippen molar-refractivity contribution in [2.24, 2.45) is 0 Å². The van der Waals surface area contributed by atoms with Gasteiger partial charge in [0.05, 0.1) is 0 Å². The van der Waals surface area contributed by atoms with Crippen LogP contribution in [0, 0.1) is 5.82 Å². The first-order valence-corrected chi connectivity index (χ1v) is 7.61. The Hall–Kier alpha value is -3.02. The molecule has 1 aromatic heterocycles. The second-order valence-electron chi connectivity index (χ2n) is 5.22. The predicted octanol–water partition coefficient (Wildman–Crippen LogP) is 3.49. The lowest BCUT2D eigenvalue weighted by molar-refractivity contribution is -0.121. The van der Waals surface area contributed by atoms with Gasteiger partial charge in [-0.25, -0.2) is 4.39 Å². The highest BCUT2D eigenvalue weighted by atomic mass is 19.1. The Labute approximate surface area is 138 Å². The van der Waals surface area contributed by atoms with E-state index < -0.39 is 6.04 Å². The molecule has 122 valence electrons. The van der Waals surface area contributed by atoms with Crippen molar-refractivity contribution >= 4 is 5.91 Å². The first-order valence-electron chi connectivity index (χ1n) is 7.61. The average molecular weight is 325 g/mol. The molecule has 3 aromatic rings. The van der Waals surface area contributed by atoms with E-state index in [4.69, 9.17) is 4.42 Å². The topological polar surface area (TPSA) is 68.0 Å². The third kappa shape index (κ3) is 3.48. The molecule has 2 aromatic carbocycles. The smallest absolute Gasteiger partial charge is 0.247 e. The zero-order valence-electron chi connectivity index (χ0n) is 13.1. The summed E-state index contributed by atoms with van der Waals surface area (Å²) in [5, 5.41) is 10.9. The summed E-state index contributed by atoms with van der Waals surface area (Å²) in [6.07, 6.45) is 0.317. The van der Waals surface area contributed by atoms with E-state index in [1.165, 1.54) is 12.1 Å².